The Bertz CT molecular complexity index is 1210. The van der Waals surface area contributed by atoms with Crippen LogP contribution in [0.4, 0.5) is 4.39 Å². The van der Waals surface area contributed by atoms with E-state index in [1.54, 1.807) is 6.92 Å². The number of carbonyl (C=O) groups is 2. The first-order valence-corrected chi connectivity index (χ1v) is 10.4. The highest BCUT2D eigenvalue weighted by Gasteiger charge is 2.18. The van der Waals surface area contributed by atoms with E-state index in [2.05, 4.69) is 5.10 Å². The smallest absolute Gasteiger partial charge is 0.331 e. The summed E-state index contributed by atoms with van der Waals surface area (Å²) in [6.45, 7) is 1.22. The average molecular weight is 489 g/mol. The van der Waals surface area contributed by atoms with E-state index in [-0.39, 0.29) is 16.5 Å². The molecule has 0 radical (unpaired) electrons. The molecule has 10 heteroatoms. The van der Waals surface area contributed by atoms with Gasteiger partial charge in [-0.25, -0.2) is 13.9 Å². The van der Waals surface area contributed by atoms with Gasteiger partial charge >= 0.3 is 5.97 Å². The average Bonchev–Trinajstić information content (AvgIpc) is 3.13. The van der Waals surface area contributed by atoms with Crippen LogP contribution in [-0.2, 0) is 9.53 Å². The predicted octanol–water partition coefficient (Wildman–Crippen LogP) is 4.44. The summed E-state index contributed by atoms with van der Waals surface area (Å²) in [5.74, 6) is -0.632. The second-order valence-electron chi connectivity index (χ2n) is 6.96. The Hall–Kier alpha value is -3.85. The molecule has 0 atom stereocenters. The number of benzene rings is 2. The number of ketones is 1. The summed E-state index contributed by atoms with van der Waals surface area (Å²) in [5, 5.41) is 4.56. The van der Waals surface area contributed by atoms with Crippen LogP contribution in [0.1, 0.15) is 21.6 Å². The van der Waals surface area contributed by atoms with Crippen molar-refractivity contribution < 1.29 is 32.9 Å². The van der Waals surface area contributed by atoms with Crippen LogP contribution >= 0.6 is 11.6 Å². The summed E-state index contributed by atoms with van der Waals surface area (Å²) in [6, 6.07) is 8.59. The van der Waals surface area contributed by atoms with Gasteiger partial charge in [-0.2, -0.15) is 5.10 Å². The van der Waals surface area contributed by atoms with E-state index in [0.717, 1.165) is 6.08 Å². The molecule has 1 heterocycles. The highest BCUT2D eigenvalue weighted by atomic mass is 35.5. The number of nitrogens with zero attached hydrogens (tertiary/aromatic N) is 2. The minimum Gasteiger partial charge on any atom is -0.493 e. The van der Waals surface area contributed by atoms with Crippen molar-refractivity contribution in [2.45, 2.75) is 6.92 Å². The number of hydrogen-bond donors (Lipinski definition) is 0. The standard InChI is InChI=1S/C24H22ClFN2O6/c1-14-18(24(25)28(27-14)17-7-5-16(26)6-8-17)9-10-22(30)34-13-19(29)15-11-20(31-2)23(33-4)21(12-15)32-3/h5-12H,13H2,1-4H3/b10-9+. The third kappa shape index (κ3) is 5.37. The Labute approximate surface area is 200 Å². The number of aromatic nitrogens is 2. The first-order chi connectivity index (χ1) is 16.3. The van der Waals surface area contributed by atoms with E-state index >= 15 is 0 Å². The fourth-order valence-corrected chi connectivity index (χ4v) is 3.45. The topological polar surface area (TPSA) is 88.9 Å². The summed E-state index contributed by atoms with van der Waals surface area (Å²) < 4.78 is 35.4. The Morgan fingerprint density at radius 2 is 1.68 bits per heavy atom. The van der Waals surface area contributed by atoms with Crippen molar-refractivity contribution >= 4 is 29.4 Å². The molecule has 0 aliphatic rings. The van der Waals surface area contributed by atoms with Crippen molar-refractivity contribution in [1.29, 1.82) is 0 Å². The van der Waals surface area contributed by atoms with Gasteiger partial charge in [0.2, 0.25) is 11.5 Å². The van der Waals surface area contributed by atoms with Crippen LogP contribution in [-0.4, -0.2) is 49.5 Å². The van der Waals surface area contributed by atoms with Crippen molar-refractivity contribution in [2.75, 3.05) is 27.9 Å². The predicted molar refractivity (Wildman–Crippen MR) is 124 cm³/mol. The lowest BCUT2D eigenvalue weighted by atomic mass is 10.1. The highest BCUT2D eigenvalue weighted by Crippen LogP contribution is 2.38. The summed E-state index contributed by atoms with van der Waals surface area (Å²) in [6.07, 6.45) is 2.59. The molecule has 0 aliphatic heterocycles. The van der Waals surface area contributed by atoms with Crippen molar-refractivity contribution in [3.8, 4) is 22.9 Å². The third-order valence-corrected chi connectivity index (χ3v) is 5.20. The minimum absolute atomic E-state index is 0.228. The molecule has 0 N–H and O–H groups in total. The van der Waals surface area contributed by atoms with E-state index in [1.165, 1.54) is 68.5 Å². The highest BCUT2D eigenvalue weighted by molar-refractivity contribution is 6.31. The van der Waals surface area contributed by atoms with Crippen LogP contribution in [0.2, 0.25) is 5.15 Å². The quantitative estimate of drug-likeness (QED) is 0.250. The summed E-state index contributed by atoms with van der Waals surface area (Å²) in [7, 11) is 4.32. The maximum absolute atomic E-state index is 13.2. The van der Waals surface area contributed by atoms with Crippen LogP contribution in [0.5, 0.6) is 17.2 Å². The molecule has 3 rings (SSSR count). The first-order valence-electron chi connectivity index (χ1n) is 9.98. The molecular formula is C24H22ClFN2O6. The molecular weight excluding hydrogens is 467 g/mol. The van der Waals surface area contributed by atoms with E-state index in [9.17, 15) is 14.0 Å². The van der Waals surface area contributed by atoms with Gasteiger partial charge in [0, 0.05) is 17.2 Å². The molecule has 8 nitrogen and oxygen atoms in total. The van der Waals surface area contributed by atoms with Crippen LogP contribution in [0, 0.1) is 12.7 Å². The molecule has 0 unspecified atom stereocenters. The molecule has 178 valence electrons. The molecule has 3 aromatic rings. The fourth-order valence-electron chi connectivity index (χ4n) is 3.12. The van der Waals surface area contributed by atoms with Gasteiger partial charge in [0.15, 0.2) is 18.1 Å². The number of Topliss-reactive ketones (excluding diaryl/α,β-unsaturated/α-hetero) is 1. The molecule has 0 saturated carbocycles. The number of rotatable bonds is 9. The minimum atomic E-state index is -0.745. The van der Waals surface area contributed by atoms with Crippen LogP contribution in [0.25, 0.3) is 11.8 Å². The monoisotopic (exact) mass is 488 g/mol. The molecule has 0 aliphatic carbocycles. The lowest BCUT2D eigenvalue weighted by Crippen LogP contribution is -2.13. The molecule has 34 heavy (non-hydrogen) atoms. The maximum Gasteiger partial charge on any atom is 0.331 e. The van der Waals surface area contributed by atoms with Gasteiger partial charge in [0.05, 0.1) is 32.7 Å². The summed E-state index contributed by atoms with van der Waals surface area (Å²) in [4.78, 5) is 24.7. The Kier molecular flexibility index (Phi) is 7.91. The third-order valence-electron chi connectivity index (χ3n) is 4.84. The normalized spacial score (nSPS) is 10.9. The van der Waals surface area contributed by atoms with Crippen molar-refractivity contribution in [2.24, 2.45) is 0 Å². The molecule has 0 fully saturated rings. The second-order valence-corrected chi connectivity index (χ2v) is 7.31. The van der Waals surface area contributed by atoms with Crippen LogP contribution < -0.4 is 14.2 Å². The number of esters is 1. The van der Waals surface area contributed by atoms with Gasteiger partial charge in [0.25, 0.3) is 0 Å². The number of aryl methyl sites for hydroxylation is 1. The van der Waals surface area contributed by atoms with Gasteiger partial charge < -0.3 is 18.9 Å². The van der Waals surface area contributed by atoms with Crippen LogP contribution in [0.15, 0.2) is 42.5 Å². The largest absolute Gasteiger partial charge is 0.493 e. The van der Waals surface area contributed by atoms with Gasteiger partial charge in [-0.3, -0.25) is 4.79 Å². The van der Waals surface area contributed by atoms with Crippen LogP contribution in [0.3, 0.4) is 0 Å². The Balaban J connectivity index is 1.69. The summed E-state index contributed by atoms with van der Waals surface area (Å²) >= 11 is 6.39. The Morgan fingerprint density at radius 1 is 1.06 bits per heavy atom. The van der Waals surface area contributed by atoms with E-state index in [0.29, 0.717) is 34.2 Å². The molecule has 0 bridgehead atoms. The number of halogens is 2. The van der Waals surface area contributed by atoms with E-state index in [1.807, 2.05) is 0 Å². The van der Waals surface area contributed by atoms with Crippen molar-refractivity contribution in [3.05, 3.63) is 70.3 Å². The molecule has 0 saturated heterocycles. The van der Waals surface area contributed by atoms with Gasteiger partial charge in [-0.15, -0.1) is 0 Å². The Morgan fingerprint density at radius 3 is 2.24 bits per heavy atom. The lowest BCUT2D eigenvalue weighted by Gasteiger charge is -2.13. The second kappa shape index (κ2) is 10.8. The fraction of sp³-hybridized carbons (Fsp3) is 0.208. The van der Waals surface area contributed by atoms with Crippen molar-refractivity contribution in [3.63, 3.8) is 0 Å². The molecule has 0 amide bonds. The molecule has 2 aromatic carbocycles. The zero-order valence-corrected chi connectivity index (χ0v) is 19.7. The SMILES string of the molecule is COc1cc(C(=O)COC(=O)/C=C/c2c(C)nn(-c3ccc(F)cc3)c2Cl)cc(OC)c1OC. The van der Waals surface area contributed by atoms with Gasteiger partial charge in [0.1, 0.15) is 11.0 Å². The van der Waals surface area contributed by atoms with Gasteiger partial charge in [-0.05, 0) is 49.4 Å². The maximum atomic E-state index is 13.2. The first kappa shape index (κ1) is 24.8. The van der Waals surface area contributed by atoms with Gasteiger partial charge in [-0.1, -0.05) is 11.6 Å². The number of methoxy groups -OCH3 is 3. The summed E-state index contributed by atoms with van der Waals surface area (Å²) in [5.41, 5.74) is 1.82. The zero-order valence-electron chi connectivity index (χ0n) is 18.9. The zero-order chi connectivity index (χ0) is 24.8. The number of hydrogen-bond acceptors (Lipinski definition) is 7. The van der Waals surface area contributed by atoms with E-state index in [4.69, 9.17) is 30.5 Å². The molecule has 0 spiro atoms. The molecule has 1 aromatic heterocycles. The van der Waals surface area contributed by atoms with Crippen molar-refractivity contribution in [1.82, 2.24) is 9.78 Å². The number of ether oxygens (including phenoxy) is 4. The lowest BCUT2D eigenvalue weighted by molar-refractivity contribution is -0.136. The van der Waals surface area contributed by atoms with E-state index < -0.39 is 18.4 Å². The number of carbonyl (C=O) groups excluding carboxylic acids is 2.